The first-order chi connectivity index (χ1) is 9.96. The summed E-state index contributed by atoms with van der Waals surface area (Å²) < 4.78 is 0. The van der Waals surface area contributed by atoms with Crippen LogP contribution in [0.2, 0.25) is 0 Å². The fraction of sp³-hybridized carbons (Fsp3) is 0.846. The first kappa shape index (κ1) is 21.7. The summed E-state index contributed by atoms with van der Waals surface area (Å²) in [7, 11) is 3.04. The van der Waals surface area contributed by atoms with Crippen molar-refractivity contribution in [3.63, 3.8) is 0 Å². The van der Waals surface area contributed by atoms with Crippen molar-refractivity contribution in [1.29, 1.82) is 0 Å². The third kappa shape index (κ3) is 10.1. The predicted octanol–water partition coefficient (Wildman–Crippen LogP) is 2.06. The second-order valence-electron chi connectivity index (χ2n) is 4.75. The van der Waals surface area contributed by atoms with Gasteiger partial charge < -0.3 is 5.32 Å². The summed E-state index contributed by atoms with van der Waals surface area (Å²) in [6, 6.07) is -0.0849. The van der Waals surface area contributed by atoms with Gasteiger partial charge in [0.1, 0.15) is 5.78 Å². The van der Waals surface area contributed by atoms with E-state index in [1.165, 1.54) is 10.8 Å². The lowest BCUT2D eigenvalue weighted by atomic mass is 10.2. The molecule has 0 radical (unpaired) electrons. The fourth-order valence-electron chi connectivity index (χ4n) is 1.42. The molecule has 21 heavy (non-hydrogen) atoms. The van der Waals surface area contributed by atoms with E-state index in [-0.39, 0.29) is 23.7 Å². The molecule has 8 heteroatoms. The monoisotopic (exact) mass is 370 g/mol. The van der Waals surface area contributed by atoms with Crippen LogP contribution in [0.1, 0.15) is 27.2 Å². The predicted molar refractivity (Wildman–Crippen MR) is 102 cm³/mol. The Morgan fingerprint density at radius 2 is 1.76 bits per heavy atom. The molecule has 0 aliphatic carbocycles. The zero-order valence-corrected chi connectivity index (χ0v) is 16.2. The number of hydrogen-bond donors (Lipinski definition) is 4. The van der Waals surface area contributed by atoms with Crippen LogP contribution in [0.5, 0.6) is 0 Å². The maximum absolute atomic E-state index is 12.1. The number of Topliss-reactive ketones (excluding diaryl/α,β-unsaturated/α-hetero) is 2. The van der Waals surface area contributed by atoms with E-state index in [0.29, 0.717) is 29.2 Å². The van der Waals surface area contributed by atoms with Gasteiger partial charge in [-0.3, -0.25) is 14.9 Å². The number of carbonyl (C=O) groups excluding carboxylic acids is 2. The SMILES string of the molecule is CC[C@H](C)N[C@@H](CS)C(=O)CSSCN[C@@H](CS)C(C)=O. The lowest BCUT2D eigenvalue weighted by molar-refractivity contribution is -0.119. The molecule has 4 nitrogen and oxygen atoms in total. The molecular formula is C13H26N2O2S4. The standard InChI is InChI=1S/C13H26N2O2S4/c1-4-9(2)15-12(6-19)13(17)7-20-21-8-14-11(5-18)10(3)16/h9,11-12,14-15,18-19H,4-8H2,1-3H3/t9-,11-,12-/m0/s1. The van der Waals surface area contributed by atoms with Gasteiger partial charge in [-0.15, -0.1) is 0 Å². The van der Waals surface area contributed by atoms with Crippen molar-refractivity contribution in [2.75, 3.05) is 23.1 Å². The molecule has 3 atom stereocenters. The average Bonchev–Trinajstić information content (AvgIpc) is 2.47. The zero-order chi connectivity index (χ0) is 16.3. The Bertz CT molecular complexity index is 319. The van der Waals surface area contributed by atoms with Gasteiger partial charge in [-0.25, -0.2) is 0 Å². The third-order valence-corrected chi connectivity index (χ3v) is 5.81. The number of ketones is 2. The number of hydrogen-bond acceptors (Lipinski definition) is 8. The van der Waals surface area contributed by atoms with Gasteiger partial charge in [0, 0.05) is 17.5 Å². The molecule has 0 aliphatic rings. The van der Waals surface area contributed by atoms with Crippen molar-refractivity contribution in [2.45, 2.75) is 45.3 Å². The summed E-state index contributed by atoms with van der Waals surface area (Å²) in [5, 5.41) is 6.38. The van der Waals surface area contributed by atoms with Gasteiger partial charge in [0.25, 0.3) is 0 Å². The molecule has 0 rings (SSSR count). The highest BCUT2D eigenvalue weighted by Gasteiger charge is 2.18. The normalized spacial score (nSPS) is 15.5. The Balaban J connectivity index is 3.89. The molecule has 124 valence electrons. The molecule has 0 aliphatic heterocycles. The molecule has 2 N–H and O–H groups in total. The van der Waals surface area contributed by atoms with Gasteiger partial charge >= 0.3 is 0 Å². The van der Waals surface area contributed by atoms with E-state index in [2.05, 4.69) is 49.7 Å². The van der Waals surface area contributed by atoms with Crippen LogP contribution < -0.4 is 10.6 Å². The maximum atomic E-state index is 12.1. The van der Waals surface area contributed by atoms with E-state index in [1.807, 2.05) is 0 Å². The van der Waals surface area contributed by atoms with E-state index in [9.17, 15) is 9.59 Å². The highest BCUT2D eigenvalue weighted by atomic mass is 33.1. The van der Waals surface area contributed by atoms with E-state index >= 15 is 0 Å². The maximum Gasteiger partial charge on any atom is 0.161 e. The van der Waals surface area contributed by atoms with Crippen molar-refractivity contribution in [3.05, 3.63) is 0 Å². The largest absolute Gasteiger partial charge is 0.304 e. The summed E-state index contributed by atoms with van der Waals surface area (Å²) in [5.41, 5.74) is 0. The van der Waals surface area contributed by atoms with E-state index < -0.39 is 0 Å². The van der Waals surface area contributed by atoms with E-state index in [1.54, 1.807) is 17.7 Å². The van der Waals surface area contributed by atoms with E-state index in [0.717, 1.165) is 6.42 Å². The zero-order valence-electron chi connectivity index (χ0n) is 12.8. The second kappa shape index (κ2) is 13.1. The van der Waals surface area contributed by atoms with Crippen LogP contribution in [0.3, 0.4) is 0 Å². The summed E-state index contributed by atoms with van der Waals surface area (Å²) in [6.45, 7) is 5.70. The molecule has 0 aromatic rings. The minimum atomic E-state index is -0.214. The molecule has 0 spiro atoms. The molecule has 0 aromatic heterocycles. The van der Waals surface area contributed by atoms with Gasteiger partial charge in [0.2, 0.25) is 0 Å². The first-order valence-corrected chi connectivity index (χ1v) is 10.7. The van der Waals surface area contributed by atoms with Crippen molar-refractivity contribution >= 4 is 58.4 Å². The van der Waals surface area contributed by atoms with E-state index in [4.69, 9.17) is 0 Å². The molecule has 0 fully saturated rings. The number of nitrogens with one attached hydrogen (secondary N) is 2. The third-order valence-electron chi connectivity index (χ3n) is 3.02. The Morgan fingerprint density at radius 3 is 2.24 bits per heavy atom. The van der Waals surface area contributed by atoms with Crippen LogP contribution in [0.15, 0.2) is 0 Å². The summed E-state index contributed by atoms with van der Waals surface area (Å²) in [6.07, 6.45) is 0.986. The molecule has 0 unspecified atom stereocenters. The highest BCUT2D eigenvalue weighted by Crippen LogP contribution is 2.20. The minimum absolute atomic E-state index is 0.0829. The van der Waals surface area contributed by atoms with Gasteiger partial charge in [-0.2, -0.15) is 25.3 Å². The van der Waals surface area contributed by atoms with Crippen molar-refractivity contribution in [3.8, 4) is 0 Å². The molecule has 0 saturated carbocycles. The lowest BCUT2D eigenvalue weighted by Crippen LogP contribution is -2.44. The van der Waals surface area contributed by atoms with Crippen molar-refractivity contribution in [2.24, 2.45) is 0 Å². The Morgan fingerprint density at radius 1 is 1.14 bits per heavy atom. The quantitative estimate of drug-likeness (QED) is 0.172. The first-order valence-electron chi connectivity index (χ1n) is 6.94. The number of carbonyl (C=O) groups is 2. The van der Waals surface area contributed by atoms with Crippen molar-refractivity contribution in [1.82, 2.24) is 10.6 Å². The van der Waals surface area contributed by atoms with Gasteiger partial charge in [-0.1, -0.05) is 28.5 Å². The molecular weight excluding hydrogens is 344 g/mol. The molecule has 0 heterocycles. The van der Waals surface area contributed by atoms with Gasteiger partial charge in [-0.05, 0) is 20.3 Å². The van der Waals surface area contributed by atoms with Crippen LogP contribution in [0.4, 0.5) is 0 Å². The summed E-state index contributed by atoms with van der Waals surface area (Å²) in [5.74, 6) is 2.30. The van der Waals surface area contributed by atoms with Gasteiger partial charge in [0.15, 0.2) is 5.78 Å². The van der Waals surface area contributed by atoms with Crippen LogP contribution in [0, 0.1) is 0 Å². The fourth-order valence-corrected chi connectivity index (χ4v) is 3.92. The topological polar surface area (TPSA) is 58.2 Å². The number of rotatable bonds is 13. The molecule has 0 aromatic carbocycles. The van der Waals surface area contributed by atoms with Crippen molar-refractivity contribution < 1.29 is 9.59 Å². The average molecular weight is 371 g/mol. The van der Waals surface area contributed by atoms with Crippen LogP contribution in [-0.4, -0.2) is 52.8 Å². The molecule has 0 bridgehead atoms. The molecule has 0 saturated heterocycles. The Labute approximate surface area is 146 Å². The number of thiol groups is 2. The smallest absolute Gasteiger partial charge is 0.161 e. The highest BCUT2D eigenvalue weighted by molar-refractivity contribution is 8.76. The van der Waals surface area contributed by atoms with Gasteiger partial charge in [0.05, 0.1) is 23.7 Å². The molecule has 0 amide bonds. The Hall–Kier alpha value is 0.660. The lowest BCUT2D eigenvalue weighted by Gasteiger charge is -2.19. The van der Waals surface area contributed by atoms with Crippen LogP contribution >= 0.6 is 46.8 Å². The van der Waals surface area contributed by atoms with Crippen LogP contribution in [-0.2, 0) is 9.59 Å². The summed E-state index contributed by atoms with van der Waals surface area (Å²) >= 11 is 8.36. The summed E-state index contributed by atoms with van der Waals surface area (Å²) in [4.78, 5) is 23.3. The van der Waals surface area contributed by atoms with Crippen LogP contribution in [0.25, 0.3) is 0 Å². The Kier molecular flexibility index (Phi) is 13.5. The minimum Gasteiger partial charge on any atom is -0.304 e. The second-order valence-corrected chi connectivity index (χ2v) is 7.95.